The van der Waals surface area contributed by atoms with Crippen molar-refractivity contribution in [3.05, 3.63) is 52.5 Å². The van der Waals surface area contributed by atoms with E-state index in [-0.39, 0.29) is 11.8 Å². The van der Waals surface area contributed by atoms with E-state index in [1.807, 2.05) is 36.4 Å². The Balaban J connectivity index is 1.46. The Hall–Kier alpha value is -2.86. The molecule has 2 aromatic carbocycles. The minimum Gasteiger partial charge on any atom is -0.497 e. The molecule has 6 nitrogen and oxygen atoms in total. The smallest absolute Gasteiger partial charge is 0.254 e. The second kappa shape index (κ2) is 7.17. The predicted molar refractivity (Wildman–Crippen MR) is 95.9 cm³/mol. The lowest BCUT2D eigenvalue weighted by atomic mass is 10.0. The summed E-state index contributed by atoms with van der Waals surface area (Å²) in [5, 5.41) is 4.88. The number of amides is 1. The van der Waals surface area contributed by atoms with Gasteiger partial charge in [-0.15, -0.1) is 0 Å². The van der Waals surface area contributed by atoms with Crippen LogP contribution in [0.4, 0.5) is 0 Å². The van der Waals surface area contributed by atoms with Gasteiger partial charge in [-0.1, -0.05) is 18.2 Å². The lowest BCUT2D eigenvalue weighted by Gasteiger charge is -2.19. The predicted octanol–water partition coefficient (Wildman–Crippen LogP) is 0.813. The second-order valence-electron chi connectivity index (χ2n) is 6.26. The summed E-state index contributed by atoms with van der Waals surface area (Å²) < 4.78 is 16.3. The molecule has 0 bridgehead atoms. The molecule has 0 saturated carbocycles. The highest BCUT2D eigenvalue weighted by atomic mass is 16.6. The molecule has 0 aromatic heterocycles. The highest BCUT2D eigenvalue weighted by Gasteiger charge is 2.20. The van der Waals surface area contributed by atoms with Crippen LogP contribution in [0.3, 0.4) is 0 Å². The number of carbonyl (C=O) groups excluding carboxylic acids is 1. The molecule has 2 aromatic rings. The van der Waals surface area contributed by atoms with Crippen LogP contribution in [0.5, 0.6) is 17.2 Å². The van der Waals surface area contributed by atoms with E-state index in [2.05, 4.69) is 10.3 Å². The van der Waals surface area contributed by atoms with Gasteiger partial charge in [0.05, 0.1) is 18.4 Å². The first-order valence-electron chi connectivity index (χ1n) is 8.60. The van der Waals surface area contributed by atoms with E-state index >= 15 is 0 Å². The molecule has 0 spiro atoms. The molecule has 4 rings (SSSR count). The Morgan fingerprint density at radius 3 is 2.62 bits per heavy atom. The van der Waals surface area contributed by atoms with Crippen molar-refractivity contribution in [1.29, 1.82) is 0 Å². The Labute approximate surface area is 151 Å². The highest BCUT2D eigenvalue weighted by molar-refractivity contribution is 5.86. The molecule has 2 aliphatic heterocycles. The van der Waals surface area contributed by atoms with Crippen molar-refractivity contribution in [1.82, 2.24) is 5.32 Å². The molecule has 2 aliphatic rings. The molecular formula is C20H20N2O4. The summed E-state index contributed by atoms with van der Waals surface area (Å²) in [6, 6.07) is 11.5. The van der Waals surface area contributed by atoms with Crippen molar-refractivity contribution >= 4 is 12.0 Å². The molecule has 1 N–H and O–H groups in total. The van der Waals surface area contributed by atoms with Gasteiger partial charge in [0, 0.05) is 24.4 Å². The first-order valence-corrected chi connectivity index (χ1v) is 8.60. The van der Waals surface area contributed by atoms with Gasteiger partial charge in [-0.25, -0.2) is 4.99 Å². The lowest BCUT2D eigenvalue weighted by Crippen LogP contribution is -2.38. The Bertz CT molecular complexity index is 938. The lowest BCUT2D eigenvalue weighted by molar-refractivity contribution is -0.120. The highest BCUT2D eigenvalue weighted by Crippen LogP contribution is 2.26. The fourth-order valence-electron chi connectivity index (χ4n) is 3.08. The van der Waals surface area contributed by atoms with Crippen LogP contribution < -0.4 is 30.1 Å². The topological polar surface area (TPSA) is 69.2 Å². The van der Waals surface area contributed by atoms with Crippen molar-refractivity contribution in [2.75, 3.05) is 26.9 Å². The van der Waals surface area contributed by atoms with Crippen LogP contribution in [0, 0.1) is 5.92 Å². The van der Waals surface area contributed by atoms with Crippen LogP contribution in [0.1, 0.15) is 5.56 Å². The Morgan fingerprint density at radius 1 is 1.15 bits per heavy atom. The van der Waals surface area contributed by atoms with Crippen molar-refractivity contribution < 1.29 is 19.0 Å². The SMILES string of the molecule is COc1ccc(CNCC2C=c3cc4c(cc3=NC2=O)OCCO4)cc1. The normalized spacial score (nSPS) is 17.7. The van der Waals surface area contributed by atoms with Gasteiger partial charge in [-0.2, -0.15) is 0 Å². The van der Waals surface area contributed by atoms with Crippen LogP contribution in [0.25, 0.3) is 6.08 Å². The zero-order chi connectivity index (χ0) is 17.9. The van der Waals surface area contributed by atoms with Crippen molar-refractivity contribution in [2.24, 2.45) is 10.9 Å². The van der Waals surface area contributed by atoms with E-state index in [1.54, 1.807) is 13.2 Å². The summed E-state index contributed by atoms with van der Waals surface area (Å²) in [7, 11) is 1.65. The fraction of sp³-hybridized carbons (Fsp3) is 0.300. The molecule has 134 valence electrons. The van der Waals surface area contributed by atoms with E-state index in [4.69, 9.17) is 14.2 Å². The van der Waals surface area contributed by atoms with Crippen LogP contribution in [0.2, 0.25) is 0 Å². The van der Waals surface area contributed by atoms with Gasteiger partial charge >= 0.3 is 0 Å². The molecule has 2 heterocycles. The van der Waals surface area contributed by atoms with E-state index in [1.165, 1.54) is 0 Å². The van der Waals surface area contributed by atoms with Gasteiger partial charge in [-0.05, 0) is 23.8 Å². The molecule has 0 saturated heterocycles. The quantitative estimate of drug-likeness (QED) is 0.863. The van der Waals surface area contributed by atoms with Crippen LogP contribution in [0.15, 0.2) is 41.4 Å². The second-order valence-corrected chi connectivity index (χ2v) is 6.26. The third kappa shape index (κ3) is 3.41. The summed E-state index contributed by atoms with van der Waals surface area (Å²) in [5.74, 6) is 1.76. The maximum Gasteiger partial charge on any atom is 0.254 e. The summed E-state index contributed by atoms with van der Waals surface area (Å²) in [4.78, 5) is 16.5. The number of methoxy groups -OCH3 is 1. The number of nitrogens with one attached hydrogen (secondary N) is 1. The Kier molecular flexibility index (Phi) is 4.58. The first kappa shape index (κ1) is 16.6. The first-order chi connectivity index (χ1) is 12.7. The summed E-state index contributed by atoms with van der Waals surface area (Å²) in [5.41, 5.74) is 1.13. The number of hydrogen-bond donors (Lipinski definition) is 1. The van der Waals surface area contributed by atoms with Gasteiger partial charge in [-0.3, -0.25) is 4.79 Å². The minimum atomic E-state index is -0.289. The van der Waals surface area contributed by atoms with Gasteiger partial charge < -0.3 is 19.5 Å². The molecule has 6 heteroatoms. The zero-order valence-corrected chi connectivity index (χ0v) is 14.5. The van der Waals surface area contributed by atoms with Crippen LogP contribution in [-0.2, 0) is 11.3 Å². The van der Waals surface area contributed by atoms with E-state index < -0.39 is 0 Å². The fourth-order valence-corrected chi connectivity index (χ4v) is 3.08. The Morgan fingerprint density at radius 2 is 1.88 bits per heavy atom. The van der Waals surface area contributed by atoms with Gasteiger partial charge in [0.25, 0.3) is 5.91 Å². The molecule has 26 heavy (non-hydrogen) atoms. The monoisotopic (exact) mass is 352 g/mol. The summed E-state index contributed by atoms with van der Waals surface area (Å²) in [6.45, 7) is 2.26. The van der Waals surface area contributed by atoms with E-state index in [0.717, 1.165) is 16.5 Å². The average molecular weight is 352 g/mol. The molecule has 1 atom stereocenters. The van der Waals surface area contributed by atoms with Gasteiger partial charge in [0.15, 0.2) is 11.5 Å². The third-order valence-electron chi connectivity index (χ3n) is 4.47. The van der Waals surface area contributed by atoms with E-state index in [9.17, 15) is 4.79 Å². The average Bonchev–Trinajstić information content (AvgIpc) is 2.67. The molecule has 0 radical (unpaired) electrons. The molecule has 1 amide bonds. The maximum absolute atomic E-state index is 12.3. The summed E-state index contributed by atoms with van der Waals surface area (Å²) in [6.07, 6.45) is 1.95. The number of rotatable bonds is 5. The number of fused-ring (bicyclic) bond motifs is 2. The number of hydrogen-bond acceptors (Lipinski definition) is 5. The van der Waals surface area contributed by atoms with Crippen LogP contribution in [-0.4, -0.2) is 32.8 Å². The van der Waals surface area contributed by atoms with E-state index in [0.29, 0.717) is 43.2 Å². The maximum atomic E-state index is 12.3. The van der Waals surface area contributed by atoms with Gasteiger partial charge in [0.1, 0.15) is 19.0 Å². The number of ether oxygens (including phenoxy) is 3. The molecule has 0 aliphatic carbocycles. The van der Waals surface area contributed by atoms with Crippen LogP contribution >= 0.6 is 0 Å². The van der Waals surface area contributed by atoms with Crippen molar-refractivity contribution in [2.45, 2.75) is 6.54 Å². The number of nitrogens with zero attached hydrogens (tertiary/aromatic N) is 1. The third-order valence-corrected chi connectivity index (χ3v) is 4.47. The number of carbonyl (C=O) groups is 1. The molecule has 1 unspecified atom stereocenters. The van der Waals surface area contributed by atoms with Crippen molar-refractivity contribution in [3.8, 4) is 17.2 Å². The van der Waals surface area contributed by atoms with Gasteiger partial charge in [0.2, 0.25) is 0 Å². The number of benzene rings is 2. The standard InChI is InChI=1S/C20H20N2O4/c1-24-16-4-2-13(3-5-16)11-21-12-15-8-14-9-18-19(26-7-6-25-18)10-17(14)22-20(15)23/h2-5,8-10,15,21H,6-7,11-12H2,1H3. The van der Waals surface area contributed by atoms with Crippen molar-refractivity contribution in [3.63, 3.8) is 0 Å². The molecular weight excluding hydrogens is 332 g/mol. The largest absolute Gasteiger partial charge is 0.497 e. The zero-order valence-electron chi connectivity index (χ0n) is 14.5. The summed E-state index contributed by atoms with van der Waals surface area (Å²) >= 11 is 0. The molecule has 0 fully saturated rings. The minimum absolute atomic E-state index is 0.142.